The van der Waals surface area contributed by atoms with Crippen molar-refractivity contribution in [1.82, 2.24) is 0 Å². The number of phenolic OH excluding ortho intramolecular Hbond substituents is 1. The Morgan fingerprint density at radius 1 is 0.804 bits per heavy atom. The van der Waals surface area contributed by atoms with E-state index in [0.29, 0.717) is 41.5 Å². The van der Waals surface area contributed by atoms with E-state index >= 15 is 0 Å². The van der Waals surface area contributed by atoms with Gasteiger partial charge in [-0.05, 0) is 97.5 Å². The maximum atomic E-state index is 14.7. The summed E-state index contributed by atoms with van der Waals surface area (Å²) in [6, 6.07) is 26.7. The lowest BCUT2D eigenvalue weighted by Gasteiger charge is -2.49. The standard InChI is InChI=1S/C46H40N2O8/c1-46-37(43(51)48(45(46)53)30-7-5-4-6-8-30)24-36-34(41(46)29-21-28-22-32(49)15-19-39(28)56-25-29)17-18-35-40(36)44(52)47(42(35)50)31-13-10-26(11-14-31)9-12-27-23-33(54-2)16-20-38(27)55-3/h4-17,19-20,22-23,25,35-37,40-41,49H,18,21,24H2,1-3H3/t35-,36+,37-,40-,41-,46+/m0/s1. The molecule has 0 aromatic heterocycles. The van der Waals surface area contributed by atoms with Gasteiger partial charge in [0.2, 0.25) is 23.6 Å². The van der Waals surface area contributed by atoms with Crippen LogP contribution in [0, 0.1) is 35.0 Å². The van der Waals surface area contributed by atoms with E-state index in [2.05, 4.69) is 0 Å². The number of allylic oxidation sites excluding steroid dienone is 3. The normalized spacial score (nSPS) is 26.6. The van der Waals surface area contributed by atoms with Crippen molar-refractivity contribution in [1.29, 1.82) is 0 Å². The van der Waals surface area contributed by atoms with E-state index in [1.807, 2.05) is 61.5 Å². The van der Waals surface area contributed by atoms with Crippen LogP contribution in [-0.2, 0) is 25.6 Å². The zero-order valence-electron chi connectivity index (χ0n) is 31.2. The van der Waals surface area contributed by atoms with Gasteiger partial charge in [-0.3, -0.25) is 24.1 Å². The van der Waals surface area contributed by atoms with E-state index in [1.165, 1.54) is 9.80 Å². The number of anilines is 2. The fraction of sp³-hybridized carbons (Fsp3) is 0.261. The Balaban J connectivity index is 1.05. The lowest BCUT2D eigenvalue weighted by molar-refractivity contribution is -0.132. The molecule has 5 aliphatic rings. The molecule has 56 heavy (non-hydrogen) atoms. The molecule has 10 heteroatoms. The van der Waals surface area contributed by atoms with Crippen molar-refractivity contribution in [3.63, 3.8) is 0 Å². The molecule has 4 aromatic rings. The number of para-hydroxylation sites is 1. The Hall–Kier alpha value is -6.42. The van der Waals surface area contributed by atoms with Gasteiger partial charge in [-0.25, -0.2) is 4.90 Å². The van der Waals surface area contributed by atoms with E-state index in [1.54, 1.807) is 75.1 Å². The van der Waals surface area contributed by atoms with Gasteiger partial charge < -0.3 is 19.3 Å². The Morgan fingerprint density at radius 3 is 2.32 bits per heavy atom. The highest BCUT2D eigenvalue weighted by molar-refractivity contribution is 6.25. The minimum atomic E-state index is -1.19. The zero-order valence-corrected chi connectivity index (χ0v) is 31.2. The second kappa shape index (κ2) is 13.4. The fourth-order valence-electron chi connectivity index (χ4n) is 9.81. The summed E-state index contributed by atoms with van der Waals surface area (Å²) in [6.07, 6.45) is 8.50. The average Bonchev–Trinajstić information content (AvgIpc) is 3.59. The number of fused-ring (bicyclic) bond motifs is 5. The van der Waals surface area contributed by atoms with Crippen LogP contribution in [0.15, 0.2) is 114 Å². The number of hydrogen-bond acceptors (Lipinski definition) is 8. The minimum Gasteiger partial charge on any atom is -0.508 e. The first-order chi connectivity index (χ1) is 27.1. The molecule has 2 saturated heterocycles. The quantitative estimate of drug-likeness (QED) is 0.118. The Bertz CT molecular complexity index is 2400. The van der Waals surface area contributed by atoms with Crippen LogP contribution in [0.1, 0.15) is 36.5 Å². The Kier molecular flexibility index (Phi) is 8.45. The van der Waals surface area contributed by atoms with Crippen LogP contribution < -0.4 is 24.0 Å². The first kappa shape index (κ1) is 35.3. The number of carbonyl (C=O) groups excluding carboxylic acids is 4. The highest BCUT2D eigenvalue weighted by Gasteiger charge is 2.68. The van der Waals surface area contributed by atoms with Gasteiger partial charge in [-0.2, -0.15) is 0 Å². The lowest BCUT2D eigenvalue weighted by Crippen LogP contribution is -2.51. The number of phenols is 1. The van der Waals surface area contributed by atoms with E-state index in [9.17, 15) is 24.3 Å². The molecule has 3 aliphatic heterocycles. The summed E-state index contributed by atoms with van der Waals surface area (Å²) in [5.74, 6) is -2.20. The Labute approximate surface area is 324 Å². The lowest BCUT2D eigenvalue weighted by atomic mass is 9.51. The average molecular weight is 749 g/mol. The van der Waals surface area contributed by atoms with Crippen LogP contribution >= 0.6 is 0 Å². The molecule has 4 amide bonds. The van der Waals surface area contributed by atoms with Gasteiger partial charge in [0.05, 0.1) is 55.0 Å². The van der Waals surface area contributed by atoms with Gasteiger partial charge in [0.25, 0.3) is 0 Å². The number of hydrogen-bond donors (Lipinski definition) is 1. The molecule has 4 aromatic carbocycles. The van der Waals surface area contributed by atoms with Crippen molar-refractivity contribution in [3.8, 4) is 23.0 Å². The molecule has 10 nitrogen and oxygen atoms in total. The summed E-state index contributed by atoms with van der Waals surface area (Å²) in [5, 5.41) is 10.3. The number of benzene rings is 4. The molecule has 6 atom stereocenters. The van der Waals surface area contributed by atoms with Crippen molar-refractivity contribution < 1.29 is 38.5 Å². The maximum absolute atomic E-state index is 14.7. The van der Waals surface area contributed by atoms with Crippen molar-refractivity contribution in [2.24, 2.45) is 35.0 Å². The smallest absolute Gasteiger partial charge is 0.241 e. The summed E-state index contributed by atoms with van der Waals surface area (Å²) in [7, 11) is 3.22. The van der Waals surface area contributed by atoms with Crippen LogP contribution in [0.3, 0.4) is 0 Å². The molecule has 0 bridgehead atoms. The molecule has 9 rings (SSSR count). The number of ether oxygens (including phenoxy) is 3. The summed E-state index contributed by atoms with van der Waals surface area (Å²) in [5.41, 5.74) is 3.91. The van der Waals surface area contributed by atoms with Gasteiger partial charge in [0.1, 0.15) is 23.0 Å². The van der Waals surface area contributed by atoms with Gasteiger partial charge in [0, 0.05) is 23.5 Å². The number of amides is 4. The highest BCUT2D eigenvalue weighted by atomic mass is 16.5. The van der Waals surface area contributed by atoms with Gasteiger partial charge in [0.15, 0.2) is 0 Å². The summed E-state index contributed by atoms with van der Waals surface area (Å²) < 4.78 is 17.0. The molecule has 3 heterocycles. The maximum Gasteiger partial charge on any atom is 0.241 e. The minimum absolute atomic E-state index is 0.0950. The van der Waals surface area contributed by atoms with E-state index in [4.69, 9.17) is 14.2 Å². The predicted octanol–water partition coefficient (Wildman–Crippen LogP) is 7.37. The number of imide groups is 2. The monoisotopic (exact) mass is 748 g/mol. The first-order valence-electron chi connectivity index (χ1n) is 18.8. The molecule has 3 fully saturated rings. The topological polar surface area (TPSA) is 123 Å². The molecule has 282 valence electrons. The summed E-state index contributed by atoms with van der Waals surface area (Å²) in [4.78, 5) is 60.6. The number of carbonyl (C=O) groups is 4. The molecule has 0 radical (unpaired) electrons. The van der Waals surface area contributed by atoms with Crippen LogP contribution in [0.2, 0.25) is 0 Å². The fourth-order valence-corrected chi connectivity index (χ4v) is 9.81. The molecular weight excluding hydrogens is 709 g/mol. The largest absolute Gasteiger partial charge is 0.508 e. The van der Waals surface area contributed by atoms with Crippen molar-refractivity contribution >= 4 is 47.2 Å². The summed E-state index contributed by atoms with van der Waals surface area (Å²) in [6.45, 7) is 1.86. The zero-order chi connectivity index (χ0) is 38.9. The van der Waals surface area contributed by atoms with Gasteiger partial charge >= 0.3 is 0 Å². The molecule has 0 unspecified atom stereocenters. The van der Waals surface area contributed by atoms with E-state index in [-0.39, 0.29) is 35.8 Å². The van der Waals surface area contributed by atoms with Gasteiger partial charge in [-0.15, -0.1) is 0 Å². The van der Waals surface area contributed by atoms with Gasteiger partial charge in [-0.1, -0.05) is 54.1 Å². The van der Waals surface area contributed by atoms with Crippen molar-refractivity contribution in [3.05, 3.63) is 131 Å². The third-order valence-electron chi connectivity index (χ3n) is 12.5. The SMILES string of the molecule is COc1ccc(OC)c(C=Cc2ccc(N3C(=O)[C@H]4[C@H](CC=C5[C@H](C6=COc7ccc(O)cc7C6)[C@]6(C)C(=O)N(c7ccccc7)C(=O)[C@@H]6C[C@H]54)C3=O)cc2)c1. The number of nitrogens with zero attached hydrogens (tertiary/aromatic N) is 2. The first-order valence-corrected chi connectivity index (χ1v) is 18.8. The van der Waals surface area contributed by atoms with Crippen LogP contribution in [-0.4, -0.2) is 43.0 Å². The Morgan fingerprint density at radius 2 is 1.57 bits per heavy atom. The van der Waals surface area contributed by atoms with Crippen molar-refractivity contribution in [2.45, 2.75) is 26.2 Å². The summed E-state index contributed by atoms with van der Waals surface area (Å²) >= 11 is 0. The van der Waals surface area contributed by atoms with Crippen LogP contribution in [0.5, 0.6) is 23.0 Å². The van der Waals surface area contributed by atoms with E-state index < -0.39 is 35.0 Å². The molecule has 1 saturated carbocycles. The second-order valence-electron chi connectivity index (χ2n) is 15.3. The van der Waals surface area contributed by atoms with Crippen LogP contribution in [0.25, 0.3) is 12.2 Å². The van der Waals surface area contributed by atoms with Crippen LogP contribution in [0.4, 0.5) is 11.4 Å². The third kappa shape index (κ3) is 5.38. The predicted molar refractivity (Wildman–Crippen MR) is 210 cm³/mol. The number of rotatable bonds is 7. The van der Waals surface area contributed by atoms with Crippen molar-refractivity contribution in [2.75, 3.05) is 24.0 Å². The second-order valence-corrected chi connectivity index (χ2v) is 15.3. The molecule has 0 spiro atoms. The molecule has 2 aliphatic carbocycles. The molecule has 1 N–H and O–H groups in total. The van der Waals surface area contributed by atoms with E-state index in [0.717, 1.165) is 27.8 Å². The highest BCUT2D eigenvalue weighted by Crippen LogP contribution is 2.63. The molecular formula is C46H40N2O8. The number of aromatic hydroxyl groups is 1. The number of methoxy groups -OCH3 is 2. The third-order valence-corrected chi connectivity index (χ3v) is 12.5.